The summed E-state index contributed by atoms with van der Waals surface area (Å²) in [6.45, 7) is 0. The Labute approximate surface area is 93.8 Å². The first kappa shape index (κ1) is 11.2. The Hall–Kier alpha value is -1.30. The summed E-state index contributed by atoms with van der Waals surface area (Å²) >= 11 is 0. The molecule has 0 amide bonds. The van der Waals surface area contributed by atoms with Gasteiger partial charge >= 0.3 is 0 Å². The number of Topliss-reactive ketones (excluding diaryl/α,β-unsaturated/α-hetero) is 1. The Kier molecular flexibility index (Phi) is 3.00. The second kappa shape index (κ2) is 4.29. The van der Waals surface area contributed by atoms with Crippen molar-refractivity contribution >= 4 is 15.6 Å². The van der Waals surface area contributed by atoms with Gasteiger partial charge < -0.3 is 0 Å². The highest BCUT2D eigenvalue weighted by Crippen LogP contribution is 2.22. The van der Waals surface area contributed by atoms with E-state index >= 15 is 0 Å². The van der Waals surface area contributed by atoms with Crippen LogP contribution in [0.5, 0.6) is 0 Å². The summed E-state index contributed by atoms with van der Waals surface area (Å²) in [7, 11) is -3.29. The molecule has 1 atom stereocenters. The number of nitrogens with zero attached hydrogens (tertiary/aromatic N) is 2. The van der Waals surface area contributed by atoms with Crippen LogP contribution < -0.4 is 0 Å². The second-order valence-corrected chi connectivity index (χ2v) is 6.11. The normalized spacial score (nSPS) is 23.9. The van der Waals surface area contributed by atoms with Crippen molar-refractivity contribution < 1.29 is 13.2 Å². The molecule has 1 unspecified atom stereocenters. The fraction of sp³-hybridized carbons (Fsp3) is 0.500. The van der Waals surface area contributed by atoms with Gasteiger partial charge in [0.25, 0.3) is 0 Å². The topological polar surface area (TPSA) is 77.0 Å². The van der Waals surface area contributed by atoms with Crippen LogP contribution in [0.4, 0.5) is 0 Å². The van der Waals surface area contributed by atoms with Crippen molar-refractivity contribution in [1.82, 2.24) is 9.97 Å². The van der Waals surface area contributed by atoms with E-state index in [4.69, 9.17) is 0 Å². The molecular formula is C10H12N2O3S. The number of sulfone groups is 1. The van der Waals surface area contributed by atoms with Crippen LogP contribution in [0.3, 0.4) is 0 Å². The van der Waals surface area contributed by atoms with Crippen LogP contribution in [0.25, 0.3) is 0 Å². The predicted molar refractivity (Wildman–Crippen MR) is 57.8 cm³/mol. The highest BCUT2D eigenvalue weighted by Gasteiger charge is 2.35. The van der Waals surface area contributed by atoms with Crippen LogP contribution in [0.2, 0.25) is 0 Å². The maximum absolute atomic E-state index is 11.9. The summed E-state index contributed by atoms with van der Waals surface area (Å²) in [6.07, 6.45) is 5.97. The molecule has 16 heavy (non-hydrogen) atoms. The molecule has 0 N–H and O–H groups in total. The van der Waals surface area contributed by atoms with Crippen molar-refractivity contribution in [2.24, 2.45) is 0 Å². The van der Waals surface area contributed by atoms with E-state index < -0.39 is 20.9 Å². The van der Waals surface area contributed by atoms with Gasteiger partial charge in [0.05, 0.1) is 11.9 Å². The number of ketones is 1. The first-order valence-electron chi connectivity index (χ1n) is 5.13. The fourth-order valence-electron chi connectivity index (χ4n) is 1.84. The first-order valence-corrected chi connectivity index (χ1v) is 6.84. The fourth-order valence-corrected chi connectivity index (χ4v) is 3.70. The highest BCUT2D eigenvalue weighted by molar-refractivity contribution is 7.92. The van der Waals surface area contributed by atoms with Gasteiger partial charge in [-0.1, -0.05) is 6.42 Å². The maximum atomic E-state index is 11.9. The van der Waals surface area contributed by atoms with E-state index in [0.717, 1.165) is 6.42 Å². The molecular weight excluding hydrogens is 228 g/mol. The number of hydrogen-bond donors (Lipinski definition) is 0. The lowest BCUT2D eigenvalue weighted by Crippen LogP contribution is -2.35. The summed E-state index contributed by atoms with van der Waals surface area (Å²) in [5, 5.41) is -0.919. The van der Waals surface area contributed by atoms with Crippen molar-refractivity contribution in [3.05, 3.63) is 24.3 Å². The lowest BCUT2D eigenvalue weighted by atomic mass is 10.1. The summed E-state index contributed by atoms with van der Waals surface area (Å²) in [6, 6.07) is 0. The van der Waals surface area contributed by atoms with Gasteiger partial charge in [0.2, 0.25) is 5.78 Å². The summed E-state index contributed by atoms with van der Waals surface area (Å²) in [5.74, 6) is -0.322. The molecule has 1 aromatic rings. The van der Waals surface area contributed by atoms with E-state index in [-0.39, 0.29) is 11.4 Å². The standard InChI is InChI=1S/C10H12N2O3S/c13-10(8-7-11-4-5-12-8)9-3-1-2-6-16(9,14)15/h4-5,7,9H,1-3,6H2. The van der Waals surface area contributed by atoms with Crippen molar-refractivity contribution in [3.8, 4) is 0 Å². The quantitative estimate of drug-likeness (QED) is 0.708. The van der Waals surface area contributed by atoms with Gasteiger partial charge in [-0.25, -0.2) is 13.4 Å². The lowest BCUT2D eigenvalue weighted by Gasteiger charge is -2.20. The van der Waals surface area contributed by atoms with E-state index in [2.05, 4.69) is 9.97 Å². The van der Waals surface area contributed by atoms with Crippen LogP contribution in [-0.2, 0) is 9.84 Å². The Morgan fingerprint density at radius 3 is 2.75 bits per heavy atom. The molecule has 0 aliphatic carbocycles. The molecule has 0 saturated carbocycles. The minimum atomic E-state index is -3.29. The summed E-state index contributed by atoms with van der Waals surface area (Å²) < 4.78 is 23.5. The Bertz CT molecular complexity index is 484. The molecule has 2 heterocycles. The van der Waals surface area contributed by atoms with Gasteiger partial charge in [-0.2, -0.15) is 0 Å². The first-order chi connectivity index (χ1) is 7.61. The zero-order chi connectivity index (χ0) is 11.6. The average Bonchev–Trinajstić information content (AvgIpc) is 2.29. The molecule has 1 fully saturated rings. The van der Waals surface area contributed by atoms with Gasteiger partial charge in [-0.05, 0) is 12.8 Å². The lowest BCUT2D eigenvalue weighted by molar-refractivity contribution is 0.0976. The van der Waals surface area contributed by atoms with E-state index in [0.29, 0.717) is 12.8 Å². The Balaban J connectivity index is 2.28. The highest BCUT2D eigenvalue weighted by atomic mass is 32.2. The third-order valence-electron chi connectivity index (χ3n) is 2.69. The molecule has 0 bridgehead atoms. The number of aromatic nitrogens is 2. The van der Waals surface area contributed by atoms with Crippen molar-refractivity contribution in [3.63, 3.8) is 0 Å². The van der Waals surface area contributed by atoms with Crippen LogP contribution in [0.1, 0.15) is 29.8 Å². The SMILES string of the molecule is O=C(c1cnccn1)C1CCCCS1(=O)=O. The molecule has 0 spiro atoms. The van der Waals surface area contributed by atoms with Crippen LogP contribution in [-0.4, -0.2) is 35.2 Å². The largest absolute Gasteiger partial charge is 0.291 e. The average molecular weight is 240 g/mol. The van der Waals surface area contributed by atoms with E-state index in [9.17, 15) is 13.2 Å². The van der Waals surface area contributed by atoms with E-state index in [1.165, 1.54) is 18.6 Å². The third-order valence-corrected chi connectivity index (χ3v) is 4.86. The van der Waals surface area contributed by atoms with Gasteiger partial charge in [0, 0.05) is 12.4 Å². The number of carbonyl (C=O) groups excluding carboxylic acids is 1. The van der Waals surface area contributed by atoms with Crippen molar-refractivity contribution in [2.75, 3.05) is 5.75 Å². The molecule has 2 rings (SSSR count). The Morgan fingerprint density at radius 1 is 1.31 bits per heavy atom. The van der Waals surface area contributed by atoms with E-state index in [1.807, 2.05) is 0 Å². The monoisotopic (exact) mass is 240 g/mol. The number of hydrogen-bond acceptors (Lipinski definition) is 5. The van der Waals surface area contributed by atoms with Gasteiger partial charge in [-0.15, -0.1) is 0 Å². The zero-order valence-electron chi connectivity index (χ0n) is 8.67. The van der Waals surface area contributed by atoms with Crippen molar-refractivity contribution in [2.45, 2.75) is 24.5 Å². The third kappa shape index (κ3) is 2.11. The summed E-state index contributed by atoms with van der Waals surface area (Å²) in [5.41, 5.74) is 0.137. The molecule has 86 valence electrons. The molecule has 1 aliphatic heterocycles. The van der Waals surface area contributed by atoms with Gasteiger partial charge in [-0.3, -0.25) is 9.78 Å². The maximum Gasteiger partial charge on any atom is 0.200 e. The molecule has 1 saturated heterocycles. The number of rotatable bonds is 2. The molecule has 6 heteroatoms. The predicted octanol–water partition coefficient (Wildman–Crippen LogP) is 0.627. The van der Waals surface area contributed by atoms with Gasteiger partial charge in [0.1, 0.15) is 10.9 Å². The van der Waals surface area contributed by atoms with Crippen LogP contribution in [0, 0.1) is 0 Å². The minimum Gasteiger partial charge on any atom is -0.291 e. The zero-order valence-corrected chi connectivity index (χ0v) is 9.48. The molecule has 0 aromatic carbocycles. The van der Waals surface area contributed by atoms with Crippen LogP contribution in [0.15, 0.2) is 18.6 Å². The molecule has 1 aliphatic rings. The Morgan fingerprint density at radius 2 is 2.12 bits per heavy atom. The molecule has 5 nitrogen and oxygen atoms in total. The summed E-state index contributed by atoms with van der Waals surface area (Å²) in [4.78, 5) is 19.5. The smallest absolute Gasteiger partial charge is 0.200 e. The molecule has 1 aromatic heterocycles. The van der Waals surface area contributed by atoms with Crippen LogP contribution >= 0.6 is 0 Å². The van der Waals surface area contributed by atoms with E-state index in [1.54, 1.807) is 0 Å². The number of carbonyl (C=O) groups is 1. The second-order valence-electron chi connectivity index (χ2n) is 3.81. The minimum absolute atomic E-state index is 0.101. The van der Waals surface area contributed by atoms with Crippen molar-refractivity contribution in [1.29, 1.82) is 0 Å². The van der Waals surface area contributed by atoms with Gasteiger partial charge in [0.15, 0.2) is 9.84 Å². The molecule has 0 radical (unpaired) electrons.